The van der Waals surface area contributed by atoms with Gasteiger partial charge in [0.2, 0.25) is 0 Å². The fraction of sp³-hybridized carbons (Fsp3) is 0.500. The molecule has 1 heterocycles. The van der Waals surface area contributed by atoms with Gasteiger partial charge >= 0.3 is 5.97 Å². The molecule has 16 heavy (non-hydrogen) atoms. The van der Waals surface area contributed by atoms with E-state index in [4.69, 9.17) is 5.11 Å². The van der Waals surface area contributed by atoms with Gasteiger partial charge in [-0.1, -0.05) is 0 Å². The molecule has 1 amide bonds. The van der Waals surface area contributed by atoms with Crippen molar-refractivity contribution in [3.05, 3.63) is 16.6 Å². The predicted octanol–water partition coefficient (Wildman–Crippen LogP) is 1.08. The number of nitrogens with zero attached hydrogens (tertiary/aromatic N) is 2. The minimum Gasteiger partial charge on any atom is -0.480 e. The van der Waals surface area contributed by atoms with Crippen LogP contribution in [0.3, 0.4) is 0 Å². The Morgan fingerprint density at radius 1 is 1.56 bits per heavy atom. The minimum absolute atomic E-state index is 0.225. The van der Waals surface area contributed by atoms with Gasteiger partial charge in [-0.3, -0.25) is 14.6 Å². The minimum atomic E-state index is -0.974. The molecule has 1 aliphatic rings. The molecule has 1 N–H and O–H groups in total. The monoisotopic (exact) mass is 240 g/mol. The van der Waals surface area contributed by atoms with Crippen LogP contribution < -0.4 is 0 Å². The zero-order valence-corrected chi connectivity index (χ0v) is 9.44. The van der Waals surface area contributed by atoms with Crippen LogP contribution in [0, 0.1) is 5.92 Å². The SMILES string of the molecule is O=C(O)CN(CC1CC1)C(=O)c1cncs1. The van der Waals surface area contributed by atoms with Crippen LogP contribution in [-0.2, 0) is 4.79 Å². The van der Waals surface area contributed by atoms with Crippen molar-refractivity contribution < 1.29 is 14.7 Å². The Kier molecular flexibility index (Phi) is 3.19. The molecule has 1 saturated carbocycles. The molecule has 86 valence electrons. The Bertz CT molecular complexity index is 387. The smallest absolute Gasteiger partial charge is 0.323 e. The number of aromatic nitrogens is 1. The molecule has 0 atom stereocenters. The molecule has 0 radical (unpaired) electrons. The van der Waals surface area contributed by atoms with E-state index in [1.807, 2.05) is 0 Å². The van der Waals surface area contributed by atoms with E-state index in [0.717, 1.165) is 12.8 Å². The van der Waals surface area contributed by atoms with E-state index in [0.29, 0.717) is 17.3 Å². The zero-order chi connectivity index (χ0) is 11.5. The number of carbonyl (C=O) groups is 2. The average Bonchev–Trinajstić information content (AvgIpc) is 2.88. The summed E-state index contributed by atoms with van der Waals surface area (Å²) in [6.45, 7) is 0.316. The lowest BCUT2D eigenvalue weighted by Crippen LogP contribution is -2.36. The number of thiazole rings is 1. The van der Waals surface area contributed by atoms with Crippen molar-refractivity contribution in [1.82, 2.24) is 9.88 Å². The molecule has 1 aromatic heterocycles. The third kappa shape index (κ3) is 2.79. The van der Waals surface area contributed by atoms with Crippen molar-refractivity contribution in [2.24, 2.45) is 5.92 Å². The highest BCUT2D eigenvalue weighted by Gasteiger charge is 2.28. The highest BCUT2D eigenvalue weighted by atomic mass is 32.1. The van der Waals surface area contributed by atoms with Gasteiger partial charge in [0.1, 0.15) is 11.4 Å². The maximum Gasteiger partial charge on any atom is 0.323 e. The molecule has 2 rings (SSSR count). The Balaban J connectivity index is 2.04. The number of hydrogen-bond acceptors (Lipinski definition) is 4. The molecular formula is C10H12N2O3S. The number of hydrogen-bond donors (Lipinski definition) is 1. The van der Waals surface area contributed by atoms with Gasteiger partial charge < -0.3 is 10.0 Å². The van der Waals surface area contributed by atoms with E-state index in [1.165, 1.54) is 22.4 Å². The van der Waals surface area contributed by atoms with E-state index in [9.17, 15) is 9.59 Å². The quantitative estimate of drug-likeness (QED) is 0.836. The molecule has 1 aliphatic carbocycles. The van der Waals surface area contributed by atoms with Crippen molar-refractivity contribution >= 4 is 23.2 Å². The van der Waals surface area contributed by atoms with Crippen LogP contribution in [0.25, 0.3) is 0 Å². The maximum atomic E-state index is 11.9. The van der Waals surface area contributed by atoms with E-state index in [2.05, 4.69) is 4.98 Å². The van der Waals surface area contributed by atoms with Crippen molar-refractivity contribution in [1.29, 1.82) is 0 Å². The second-order valence-electron chi connectivity index (χ2n) is 3.89. The lowest BCUT2D eigenvalue weighted by Gasteiger charge is -2.19. The molecule has 0 unspecified atom stereocenters. The molecule has 0 saturated heterocycles. The van der Waals surface area contributed by atoms with Crippen molar-refractivity contribution in [3.8, 4) is 0 Å². The van der Waals surface area contributed by atoms with E-state index >= 15 is 0 Å². The predicted molar refractivity (Wildman–Crippen MR) is 58.4 cm³/mol. The van der Waals surface area contributed by atoms with Gasteiger partial charge in [-0.2, -0.15) is 0 Å². The summed E-state index contributed by atoms with van der Waals surface area (Å²) in [6, 6.07) is 0. The van der Waals surface area contributed by atoms with Gasteiger partial charge in [-0.15, -0.1) is 11.3 Å². The molecule has 5 nitrogen and oxygen atoms in total. The second kappa shape index (κ2) is 4.61. The fourth-order valence-electron chi connectivity index (χ4n) is 1.47. The summed E-state index contributed by atoms with van der Waals surface area (Å²) in [7, 11) is 0. The van der Waals surface area contributed by atoms with E-state index in [-0.39, 0.29) is 12.5 Å². The van der Waals surface area contributed by atoms with Crippen LogP contribution in [0.4, 0.5) is 0 Å². The number of carboxylic acid groups (broad SMARTS) is 1. The number of rotatable bonds is 5. The van der Waals surface area contributed by atoms with Crippen molar-refractivity contribution in [3.63, 3.8) is 0 Å². The van der Waals surface area contributed by atoms with Crippen molar-refractivity contribution in [2.45, 2.75) is 12.8 Å². The van der Waals surface area contributed by atoms with Crippen molar-refractivity contribution in [2.75, 3.05) is 13.1 Å². The lowest BCUT2D eigenvalue weighted by atomic mass is 10.3. The van der Waals surface area contributed by atoms with Crippen LogP contribution in [0.5, 0.6) is 0 Å². The van der Waals surface area contributed by atoms with Crippen LogP contribution in [-0.4, -0.2) is 40.0 Å². The van der Waals surface area contributed by atoms with Gasteiger partial charge in [0.25, 0.3) is 5.91 Å². The van der Waals surface area contributed by atoms with Crippen LogP contribution in [0.1, 0.15) is 22.5 Å². The molecule has 0 bridgehead atoms. The van der Waals surface area contributed by atoms with E-state index in [1.54, 1.807) is 5.51 Å². The first-order valence-electron chi connectivity index (χ1n) is 5.06. The topological polar surface area (TPSA) is 70.5 Å². The largest absolute Gasteiger partial charge is 0.480 e. The number of carboxylic acids is 1. The normalized spacial score (nSPS) is 14.8. The lowest BCUT2D eigenvalue weighted by molar-refractivity contribution is -0.137. The Hall–Kier alpha value is -1.43. The Morgan fingerprint density at radius 3 is 2.81 bits per heavy atom. The summed E-state index contributed by atoms with van der Waals surface area (Å²) in [5, 5.41) is 8.76. The van der Waals surface area contributed by atoms with Gasteiger partial charge in [0.15, 0.2) is 0 Å². The first-order chi connectivity index (χ1) is 7.66. The summed E-state index contributed by atoms with van der Waals surface area (Å²) in [5.41, 5.74) is 1.57. The third-order valence-electron chi connectivity index (χ3n) is 2.43. The van der Waals surface area contributed by atoms with Gasteiger partial charge in [0.05, 0.1) is 11.7 Å². The summed E-state index contributed by atoms with van der Waals surface area (Å²) in [5.74, 6) is -0.716. The molecule has 0 aliphatic heterocycles. The van der Waals surface area contributed by atoms with Crippen LogP contribution in [0.2, 0.25) is 0 Å². The molecule has 0 aromatic carbocycles. The second-order valence-corrected chi connectivity index (χ2v) is 4.77. The highest BCUT2D eigenvalue weighted by Crippen LogP contribution is 2.30. The standard InChI is InChI=1S/C10H12N2O3S/c13-9(14)5-12(4-7-1-2-7)10(15)8-3-11-6-16-8/h3,6-7H,1-2,4-5H2,(H,13,14). The Labute approximate surface area is 96.7 Å². The highest BCUT2D eigenvalue weighted by molar-refractivity contribution is 7.11. The number of carbonyl (C=O) groups excluding carboxylic acids is 1. The average molecular weight is 240 g/mol. The summed E-state index contributed by atoms with van der Waals surface area (Å²) < 4.78 is 0. The number of aliphatic carboxylic acids is 1. The third-order valence-corrected chi connectivity index (χ3v) is 3.19. The molecule has 1 fully saturated rings. The maximum absolute atomic E-state index is 11.9. The first kappa shape index (κ1) is 11.1. The van der Waals surface area contributed by atoms with E-state index < -0.39 is 5.97 Å². The van der Waals surface area contributed by atoms with Crippen LogP contribution >= 0.6 is 11.3 Å². The molecule has 0 spiro atoms. The van der Waals surface area contributed by atoms with Gasteiger partial charge in [-0.05, 0) is 18.8 Å². The fourth-order valence-corrected chi connectivity index (χ4v) is 2.06. The first-order valence-corrected chi connectivity index (χ1v) is 5.94. The Morgan fingerprint density at radius 2 is 2.31 bits per heavy atom. The van der Waals surface area contributed by atoms with Gasteiger partial charge in [0, 0.05) is 6.54 Å². The van der Waals surface area contributed by atoms with Gasteiger partial charge in [-0.25, -0.2) is 0 Å². The molecular weight excluding hydrogens is 228 g/mol. The zero-order valence-electron chi connectivity index (χ0n) is 8.63. The van der Waals surface area contributed by atoms with Crippen LogP contribution in [0.15, 0.2) is 11.7 Å². The summed E-state index contributed by atoms with van der Waals surface area (Å²) in [4.78, 5) is 28.3. The summed E-state index contributed by atoms with van der Waals surface area (Å²) >= 11 is 1.24. The molecule has 1 aromatic rings. The molecule has 6 heteroatoms. The summed E-state index contributed by atoms with van der Waals surface area (Å²) in [6.07, 6.45) is 3.66. The number of amides is 1.